The van der Waals surface area contributed by atoms with Gasteiger partial charge < -0.3 is 25.2 Å². The van der Waals surface area contributed by atoms with Gasteiger partial charge in [-0.15, -0.1) is 0 Å². The van der Waals surface area contributed by atoms with Gasteiger partial charge in [-0.25, -0.2) is 0 Å². The minimum Gasteiger partial charge on any atom is -0.489 e. The van der Waals surface area contributed by atoms with Crippen LogP contribution in [0.5, 0.6) is 5.75 Å². The van der Waals surface area contributed by atoms with Crippen LogP contribution in [0.3, 0.4) is 0 Å². The van der Waals surface area contributed by atoms with Crippen LogP contribution in [0, 0.1) is 0 Å². The molecule has 0 bridgehead atoms. The molecule has 1 unspecified atom stereocenters. The minimum absolute atomic E-state index is 0.0842. The van der Waals surface area contributed by atoms with Crippen molar-refractivity contribution >= 4 is 23.4 Å². The molecule has 2 rings (SSSR count). The van der Waals surface area contributed by atoms with E-state index in [2.05, 4.69) is 10.6 Å². The van der Waals surface area contributed by atoms with Crippen LogP contribution in [0.1, 0.15) is 23.7 Å². The summed E-state index contributed by atoms with van der Waals surface area (Å²) in [4.78, 5) is 38.6. The molecule has 0 saturated carbocycles. The van der Waals surface area contributed by atoms with Crippen molar-refractivity contribution in [2.45, 2.75) is 19.4 Å². The number of fused-ring (bicyclic) bond motifs is 1. The summed E-state index contributed by atoms with van der Waals surface area (Å²) < 4.78 is 5.76. The van der Waals surface area contributed by atoms with E-state index in [-0.39, 0.29) is 30.2 Å². The van der Waals surface area contributed by atoms with Crippen LogP contribution in [0.2, 0.25) is 0 Å². The summed E-state index contributed by atoms with van der Waals surface area (Å²) in [6.07, 6.45) is 0.266. The summed E-state index contributed by atoms with van der Waals surface area (Å²) >= 11 is 0. The van der Waals surface area contributed by atoms with Gasteiger partial charge in [0.05, 0.1) is 18.2 Å². The lowest BCUT2D eigenvalue weighted by Crippen LogP contribution is -2.44. The molecule has 1 aromatic carbocycles. The molecule has 1 heterocycles. The van der Waals surface area contributed by atoms with E-state index < -0.39 is 0 Å². The predicted molar refractivity (Wildman–Crippen MR) is 98.5 cm³/mol. The first-order valence-corrected chi connectivity index (χ1v) is 8.52. The maximum Gasteiger partial charge on any atom is 0.253 e. The zero-order valence-corrected chi connectivity index (χ0v) is 15.7. The highest BCUT2D eigenvalue weighted by Crippen LogP contribution is 2.34. The molecule has 3 amide bonds. The first-order valence-electron chi connectivity index (χ1n) is 8.52. The van der Waals surface area contributed by atoms with Crippen LogP contribution in [-0.2, 0) is 9.59 Å². The van der Waals surface area contributed by atoms with Crippen molar-refractivity contribution in [3.8, 4) is 5.75 Å². The molecular formula is C18H26N4O4. The zero-order valence-electron chi connectivity index (χ0n) is 15.7. The number of benzene rings is 1. The van der Waals surface area contributed by atoms with Crippen LogP contribution in [0.15, 0.2) is 18.2 Å². The summed E-state index contributed by atoms with van der Waals surface area (Å²) in [5.74, 6) is 0.378. The number of amides is 3. The number of hydrogen-bond donors (Lipinski definition) is 2. The topological polar surface area (TPSA) is 91.0 Å². The molecule has 8 nitrogen and oxygen atoms in total. The third-order valence-electron chi connectivity index (χ3n) is 4.21. The van der Waals surface area contributed by atoms with E-state index in [1.54, 1.807) is 32.3 Å². The Morgan fingerprint density at radius 3 is 2.58 bits per heavy atom. The molecule has 0 saturated heterocycles. The Labute approximate surface area is 153 Å². The summed E-state index contributed by atoms with van der Waals surface area (Å²) in [5, 5.41) is 5.41. The van der Waals surface area contributed by atoms with E-state index in [0.29, 0.717) is 31.0 Å². The van der Waals surface area contributed by atoms with Crippen LogP contribution < -0.4 is 20.3 Å². The van der Waals surface area contributed by atoms with Gasteiger partial charge in [-0.2, -0.15) is 0 Å². The zero-order chi connectivity index (χ0) is 19.3. The van der Waals surface area contributed by atoms with Gasteiger partial charge in [0.15, 0.2) is 0 Å². The Balaban J connectivity index is 1.98. The molecular weight excluding hydrogens is 336 g/mol. The van der Waals surface area contributed by atoms with E-state index in [1.807, 2.05) is 11.9 Å². The number of ether oxygens (including phenoxy) is 1. The smallest absolute Gasteiger partial charge is 0.253 e. The number of nitrogens with zero attached hydrogens (tertiary/aromatic N) is 2. The summed E-state index contributed by atoms with van der Waals surface area (Å²) in [6, 6.07) is 5.18. The van der Waals surface area contributed by atoms with Crippen molar-refractivity contribution in [2.75, 3.05) is 45.7 Å². The van der Waals surface area contributed by atoms with E-state index >= 15 is 0 Å². The van der Waals surface area contributed by atoms with Gasteiger partial charge in [-0.1, -0.05) is 0 Å². The lowest BCUT2D eigenvalue weighted by molar-refractivity contribution is -0.122. The molecule has 0 aromatic heterocycles. The van der Waals surface area contributed by atoms with Crippen LogP contribution in [-0.4, -0.2) is 69.5 Å². The SMILES string of the molecule is CC(=O)NCCNC(=O)CC1COc2ccc(C(=O)N(C)C)cc2N1C. The van der Waals surface area contributed by atoms with Crippen molar-refractivity contribution in [3.05, 3.63) is 23.8 Å². The Bertz CT molecular complexity index is 690. The highest BCUT2D eigenvalue weighted by molar-refractivity contribution is 5.95. The number of likely N-dealkylation sites (N-methyl/N-ethyl adjacent to an activating group) is 1. The van der Waals surface area contributed by atoms with Crippen LogP contribution in [0.4, 0.5) is 5.69 Å². The number of carbonyl (C=O) groups excluding carboxylic acids is 3. The van der Waals surface area contributed by atoms with Crippen molar-refractivity contribution in [1.82, 2.24) is 15.5 Å². The molecule has 0 fully saturated rings. The van der Waals surface area contributed by atoms with Gasteiger partial charge in [0.1, 0.15) is 12.4 Å². The standard InChI is InChI=1S/C18H26N4O4/c1-12(23)19-7-8-20-17(24)10-14-11-26-16-6-5-13(18(25)21(2)3)9-15(16)22(14)4/h5-6,9,14H,7-8,10-11H2,1-4H3,(H,19,23)(H,20,24). The highest BCUT2D eigenvalue weighted by atomic mass is 16.5. The summed E-state index contributed by atoms with van der Waals surface area (Å²) in [7, 11) is 5.30. The predicted octanol–water partition coefficient (Wildman–Crippen LogP) is 0.228. The molecule has 1 aromatic rings. The second kappa shape index (κ2) is 8.55. The van der Waals surface area contributed by atoms with E-state index in [1.165, 1.54) is 11.8 Å². The van der Waals surface area contributed by atoms with E-state index in [9.17, 15) is 14.4 Å². The summed E-state index contributed by atoms with van der Waals surface area (Å²) in [5.41, 5.74) is 1.37. The van der Waals surface area contributed by atoms with Gasteiger partial charge in [0.2, 0.25) is 11.8 Å². The fraction of sp³-hybridized carbons (Fsp3) is 0.500. The van der Waals surface area contributed by atoms with Crippen molar-refractivity contribution < 1.29 is 19.1 Å². The lowest BCUT2D eigenvalue weighted by atomic mass is 10.1. The lowest BCUT2D eigenvalue weighted by Gasteiger charge is -2.35. The molecule has 142 valence electrons. The van der Waals surface area contributed by atoms with Crippen molar-refractivity contribution in [2.24, 2.45) is 0 Å². The maximum atomic E-state index is 12.2. The van der Waals surface area contributed by atoms with Gasteiger partial charge in [0.25, 0.3) is 5.91 Å². The fourth-order valence-corrected chi connectivity index (χ4v) is 2.72. The van der Waals surface area contributed by atoms with Gasteiger partial charge in [-0.3, -0.25) is 14.4 Å². The highest BCUT2D eigenvalue weighted by Gasteiger charge is 2.27. The quantitative estimate of drug-likeness (QED) is 0.707. The molecule has 2 N–H and O–H groups in total. The Kier molecular flexibility index (Phi) is 6.43. The molecule has 0 radical (unpaired) electrons. The largest absolute Gasteiger partial charge is 0.489 e. The third-order valence-corrected chi connectivity index (χ3v) is 4.21. The third kappa shape index (κ3) is 4.87. The van der Waals surface area contributed by atoms with Crippen molar-refractivity contribution in [3.63, 3.8) is 0 Å². The number of carbonyl (C=O) groups is 3. The Morgan fingerprint density at radius 1 is 1.23 bits per heavy atom. The number of hydrogen-bond acceptors (Lipinski definition) is 5. The normalized spacial score (nSPS) is 15.5. The minimum atomic E-state index is -0.132. The molecule has 1 atom stereocenters. The van der Waals surface area contributed by atoms with Gasteiger partial charge in [-0.05, 0) is 18.2 Å². The van der Waals surface area contributed by atoms with Crippen LogP contribution >= 0.6 is 0 Å². The number of rotatable bonds is 6. The van der Waals surface area contributed by atoms with Gasteiger partial charge in [0, 0.05) is 46.7 Å². The molecule has 26 heavy (non-hydrogen) atoms. The average molecular weight is 362 g/mol. The number of anilines is 1. The van der Waals surface area contributed by atoms with Gasteiger partial charge >= 0.3 is 0 Å². The van der Waals surface area contributed by atoms with E-state index in [0.717, 1.165) is 5.69 Å². The second-order valence-corrected chi connectivity index (χ2v) is 6.49. The van der Waals surface area contributed by atoms with Crippen LogP contribution in [0.25, 0.3) is 0 Å². The molecule has 0 spiro atoms. The fourth-order valence-electron chi connectivity index (χ4n) is 2.72. The summed E-state index contributed by atoms with van der Waals surface area (Å²) in [6.45, 7) is 2.61. The Hall–Kier alpha value is -2.77. The second-order valence-electron chi connectivity index (χ2n) is 6.49. The van der Waals surface area contributed by atoms with E-state index in [4.69, 9.17) is 4.74 Å². The molecule has 8 heteroatoms. The molecule has 0 aliphatic carbocycles. The first-order chi connectivity index (χ1) is 12.3. The first kappa shape index (κ1) is 19.6. The maximum absolute atomic E-state index is 12.2. The molecule has 1 aliphatic heterocycles. The van der Waals surface area contributed by atoms with Crippen molar-refractivity contribution in [1.29, 1.82) is 0 Å². The Morgan fingerprint density at radius 2 is 1.92 bits per heavy atom. The average Bonchev–Trinajstić information content (AvgIpc) is 2.60. The molecule has 1 aliphatic rings. The number of nitrogens with one attached hydrogen (secondary N) is 2. The monoisotopic (exact) mass is 362 g/mol.